The Bertz CT molecular complexity index is 872. The third kappa shape index (κ3) is 2.91. The monoisotopic (exact) mass is 332 g/mol. The Balaban J connectivity index is 2.12. The summed E-state index contributed by atoms with van der Waals surface area (Å²) in [5.74, 6) is 0.584. The Labute approximate surface area is 137 Å². The van der Waals surface area contributed by atoms with E-state index in [0.29, 0.717) is 29.0 Å². The molecule has 1 heterocycles. The van der Waals surface area contributed by atoms with Gasteiger partial charge in [0.25, 0.3) is 0 Å². The summed E-state index contributed by atoms with van der Waals surface area (Å²) in [6.45, 7) is 0.305. The number of fused-ring (bicyclic) bond motifs is 1. The number of methoxy groups -OCH3 is 1. The van der Waals surface area contributed by atoms with E-state index in [1.165, 1.54) is 12.4 Å². The van der Waals surface area contributed by atoms with Crippen LogP contribution in [-0.4, -0.2) is 17.1 Å². The maximum absolute atomic E-state index is 14.1. The van der Waals surface area contributed by atoms with Crippen molar-refractivity contribution < 1.29 is 9.13 Å². The topological polar surface area (TPSA) is 73.1 Å². The fourth-order valence-electron chi connectivity index (χ4n) is 2.31. The zero-order valence-corrected chi connectivity index (χ0v) is 13.1. The van der Waals surface area contributed by atoms with Crippen LogP contribution in [0.4, 0.5) is 15.9 Å². The van der Waals surface area contributed by atoms with E-state index < -0.39 is 5.82 Å². The summed E-state index contributed by atoms with van der Waals surface area (Å²) in [5.41, 5.74) is 7.46. The largest absolute Gasteiger partial charge is 0.496 e. The van der Waals surface area contributed by atoms with Crippen LogP contribution in [0.3, 0.4) is 0 Å². The van der Waals surface area contributed by atoms with Crippen LogP contribution in [0.15, 0.2) is 36.7 Å². The lowest BCUT2D eigenvalue weighted by Crippen LogP contribution is -2.03. The summed E-state index contributed by atoms with van der Waals surface area (Å²) in [6.07, 6.45) is 1.40. The van der Waals surface area contributed by atoms with Crippen molar-refractivity contribution in [2.75, 3.05) is 12.4 Å². The number of anilines is 2. The van der Waals surface area contributed by atoms with Gasteiger partial charge >= 0.3 is 0 Å². The van der Waals surface area contributed by atoms with E-state index in [0.717, 1.165) is 5.56 Å². The molecule has 0 bridgehead atoms. The average Bonchev–Trinajstić information content (AvgIpc) is 2.58. The first kappa shape index (κ1) is 15.5. The molecular weight excluding hydrogens is 319 g/mol. The minimum atomic E-state index is -0.534. The van der Waals surface area contributed by atoms with E-state index in [1.807, 2.05) is 6.07 Å². The highest BCUT2D eigenvalue weighted by molar-refractivity contribution is 6.31. The Morgan fingerprint density at radius 1 is 1.30 bits per heavy atom. The molecular formula is C16H14ClFN4O. The maximum atomic E-state index is 14.1. The number of nitrogens with zero attached hydrogens (tertiary/aromatic N) is 2. The van der Waals surface area contributed by atoms with E-state index in [4.69, 9.17) is 22.1 Å². The molecule has 3 rings (SSSR count). The van der Waals surface area contributed by atoms with Crippen LogP contribution in [0.5, 0.6) is 5.75 Å². The number of halogens is 2. The third-order valence-corrected chi connectivity index (χ3v) is 3.75. The normalized spacial score (nSPS) is 10.8. The van der Waals surface area contributed by atoms with Gasteiger partial charge in [0.05, 0.1) is 23.3 Å². The number of nitrogens with one attached hydrogen (secondary N) is 1. The molecule has 0 aliphatic carbocycles. The summed E-state index contributed by atoms with van der Waals surface area (Å²) in [6, 6.07) is 8.34. The van der Waals surface area contributed by atoms with Crippen LogP contribution in [-0.2, 0) is 6.54 Å². The van der Waals surface area contributed by atoms with Crippen molar-refractivity contribution in [2.45, 2.75) is 6.54 Å². The molecule has 0 spiro atoms. The van der Waals surface area contributed by atoms with E-state index in [2.05, 4.69) is 15.3 Å². The fraction of sp³-hybridized carbons (Fsp3) is 0.125. The molecule has 0 saturated carbocycles. The first-order chi connectivity index (χ1) is 11.1. The van der Waals surface area contributed by atoms with Gasteiger partial charge < -0.3 is 15.8 Å². The van der Waals surface area contributed by atoms with Gasteiger partial charge in [-0.1, -0.05) is 17.7 Å². The van der Waals surface area contributed by atoms with E-state index in [-0.39, 0.29) is 10.7 Å². The van der Waals surface area contributed by atoms with Crippen molar-refractivity contribution in [3.8, 4) is 5.75 Å². The van der Waals surface area contributed by atoms with E-state index in [1.54, 1.807) is 25.3 Å². The number of aromatic nitrogens is 2. The Morgan fingerprint density at radius 2 is 2.13 bits per heavy atom. The van der Waals surface area contributed by atoms with Gasteiger partial charge in [0.15, 0.2) is 5.82 Å². The summed E-state index contributed by atoms with van der Waals surface area (Å²) in [4.78, 5) is 8.41. The van der Waals surface area contributed by atoms with Crippen LogP contribution in [0.1, 0.15) is 5.56 Å². The van der Waals surface area contributed by atoms with Gasteiger partial charge in [-0.05, 0) is 18.2 Å². The smallest absolute Gasteiger partial charge is 0.165 e. The maximum Gasteiger partial charge on any atom is 0.165 e. The number of ether oxygens (including phenoxy) is 1. The second-order valence-electron chi connectivity index (χ2n) is 4.83. The van der Waals surface area contributed by atoms with Gasteiger partial charge in [-0.3, -0.25) is 0 Å². The van der Waals surface area contributed by atoms with Crippen molar-refractivity contribution in [3.63, 3.8) is 0 Å². The Kier molecular flexibility index (Phi) is 4.27. The minimum Gasteiger partial charge on any atom is -0.496 e. The summed E-state index contributed by atoms with van der Waals surface area (Å²) in [7, 11) is 1.57. The first-order valence-electron chi connectivity index (χ1n) is 6.86. The minimum absolute atomic E-state index is 0.0395. The van der Waals surface area contributed by atoms with Crippen LogP contribution in [0, 0.1) is 5.82 Å². The molecule has 7 heteroatoms. The van der Waals surface area contributed by atoms with Gasteiger partial charge in [-0.25, -0.2) is 14.4 Å². The lowest BCUT2D eigenvalue weighted by atomic mass is 10.1. The Morgan fingerprint density at radius 3 is 2.87 bits per heavy atom. The van der Waals surface area contributed by atoms with Crippen molar-refractivity contribution in [3.05, 3.63) is 53.1 Å². The van der Waals surface area contributed by atoms with E-state index >= 15 is 0 Å². The average molecular weight is 333 g/mol. The van der Waals surface area contributed by atoms with Crippen molar-refractivity contribution in [1.29, 1.82) is 0 Å². The van der Waals surface area contributed by atoms with Crippen LogP contribution >= 0.6 is 11.6 Å². The molecule has 0 aliphatic heterocycles. The van der Waals surface area contributed by atoms with Crippen molar-refractivity contribution >= 4 is 34.0 Å². The molecule has 23 heavy (non-hydrogen) atoms. The molecule has 0 unspecified atom stereocenters. The van der Waals surface area contributed by atoms with Gasteiger partial charge in [-0.2, -0.15) is 0 Å². The standard InChI is InChI=1S/C16H14ClFN4O/c1-23-14-6-13-10(5-9(14)7-19)16(21-8-20-13)22-12-4-2-3-11(17)15(12)18/h2-6,8H,7,19H2,1H3,(H,20,21,22). The SMILES string of the molecule is COc1cc2ncnc(Nc3cccc(Cl)c3F)c2cc1CN. The predicted molar refractivity (Wildman–Crippen MR) is 88.7 cm³/mol. The molecule has 0 saturated heterocycles. The van der Waals surface area contributed by atoms with Gasteiger partial charge in [0.2, 0.25) is 0 Å². The summed E-state index contributed by atoms with van der Waals surface area (Å²) >= 11 is 5.80. The zero-order valence-electron chi connectivity index (χ0n) is 12.3. The molecule has 0 radical (unpaired) electrons. The van der Waals surface area contributed by atoms with E-state index in [9.17, 15) is 4.39 Å². The van der Waals surface area contributed by atoms with Gasteiger partial charge in [0, 0.05) is 23.6 Å². The van der Waals surface area contributed by atoms with Crippen LogP contribution in [0.25, 0.3) is 10.9 Å². The highest BCUT2D eigenvalue weighted by Gasteiger charge is 2.12. The lowest BCUT2D eigenvalue weighted by Gasteiger charge is -2.12. The molecule has 0 fully saturated rings. The molecule has 2 aromatic carbocycles. The molecule has 5 nitrogen and oxygen atoms in total. The van der Waals surface area contributed by atoms with Gasteiger partial charge in [0.1, 0.15) is 17.9 Å². The number of rotatable bonds is 4. The predicted octanol–water partition coefficient (Wildman–Crippen LogP) is 3.63. The fourth-order valence-corrected chi connectivity index (χ4v) is 2.48. The zero-order chi connectivity index (χ0) is 16.4. The van der Waals surface area contributed by atoms with Crippen molar-refractivity contribution in [1.82, 2.24) is 9.97 Å². The third-order valence-electron chi connectivity index (χ3n) is 3.46. The molecule has 3 aromatic rings. The summed E-state index contributed by atoms with van der Waals surface area (Å²) < 4.78 is 19.4. The molecule has 0 aliphatic rings. The van der Waals surface area contributed by atoms with Gasteiger partial charge in [-0.15, -0.1) is 0 Å². The summed E-state index contributed by atoms with van der Waals surface area (Å²) in [5, 5.41) is 3.71. The Hall–Kier alpha value is -2.44. The highest BCUT2D eigenvalue weighted by atomic mass is 35.5. The first-order valence-corrected chi connectivity index (χ1v) is 7.24. The molecule has 0 amide bonds. The quantitative estimate of drug-likeness (QED) is 0.763. The molecule has 118 valence electrons. The molecule has 0 atom stereocenters. The van der Waals surface area contributed by atoms with Crippen LogP contribution in [0.2, 0.25) is 5.02 Å². The second-order valence-corrected chi connectivity index (χ2v) is 5.24. The molecule has 1 aromatic heterocycles. The van der Waals surface area contributed by atoms with Crippen molar-refractivity contribution in [2.24, 2.45) is 5.73 Å². The highest BCUT2D eigenvalue weighted by Crippen LogP contribution is 2.31. The number of benzene rings is 2. The van der Waals surface area contributed by atoms with Crippen LogP contribution < -0.4 is 15.8 Å². The number of hydrogen-bond acceptors (Lipinski definition) is 5. The number of nitrogens with two attached hydrogens (primary N) is 1. The number of hydrogen-bond donors (Lipinski definition) is 2. The second kappa shape index (κ2) is 6.36. The molecule has 3 N–H and O–H groups in total. The lowest BCUT2D eigenvalue weighted by molar-refractivity contribution is 0.410.